The first-order valence-electron chi connectivity index (χ1n) is 1.82. The van der Waals surface area contributed by atoms with Gasteiger partial charge in [-0.05, 0) is 21.5 Å². The minimum atomic E-state index is -2.37. The van der Waals surface area contributed by atoms with E-state index in [1.165, 1.54) is 0 Å². The van der Waals surface area contributed by atoms with E-state index in [0.717, 1.165) is 0 Å². The molecule has 0 bridgehead atoms. The van der Waals surface area contributed by atoms with E-state index in [1.807, 2.05) is 0 Å². The first-order chi connectivity index (χ1) is 3.71. The fraction of sp³-hybridized carbons (Fsp3) is 0. The lowest BCUT2D eigenvalue weighted by molar-refractivity contribution is 1.42. The van der Waals surface area contributed by atoms with Crippen LogP contribution in [0.3, 0.4) is 0 Å². The second-order valence-electron chi connectivity index (χ2n) is 1.61. The Kier molecular flexibility index (Phi) is 2.69. The molecule has 0 aromatic carbocycles. The number of nitrogens with two attached hydrogens (primary N) is 6. The van der Waals surface area contributed by atoms with E-state index in [9.17, 15) is 0 Å². The SMILES string of the molecule is NS(N)(N)NS(N)(N)N. The molecule has 0 radical (unpaired) electrons. The van der Waals surface area contributed by atoms with Crippen LogP contribution >= 0.6 is 21.5 Å². The summed E-state index contributed by atoms with van der Waals surface area (Å²) in [5, 5.41) is 30.8. The molecule has 7 nitrogen and oxygen atoms in total. The van der Waals surface area contributed by atoms with Gasteiger partial charge in [0.15, 0.2) is 0 Å². The number of rotatable bonds is 2. The highest BCUT2D eigenvalue weighted by Crippen LogP contribution is 2.25. The first kappa shape index (κ1) is 9.42. The van der Waals surface area contributed by atoms with Crippen molar-refractivity contribution in [2.24, 2.45) is 30.8 Å². The van der Waals surface area contributed by atoms with Crippen LogP contribution in [0, 0.1) is 0 Å². The molecule has 0 atom stereocenters. The van der Waals surface area contributed by atoms with Crippen molar-refractivity contribution in [2.45, 2.75) is 0 Å². The molecule has 0 saturated heterocycles. The normalized spacial score (nSPS) is 17.6. The predicted molar refractivity (Wildman–Crippen MR) is 43.4 cm³/mol. The average molecular weight is 175 g/mol. The van der Waals surface area contributed by atoms with Crippen molar-refractivity contribution in [1.82, 2.24) is 4.13 Å². The predicted octanol–water partition coefficient (Wildman–Crippen LogP) is -2.74. The lowest BCUT2D eigenvalue weighted by atomic mass is 13.7. The molecule has 0 spiro atoms. The maximum absolute atomic E-state index is 5.13. The Morgan fingerprint density at radius 3 is 0.889 bits per heavy atom. The molecule has 0 unspecified atom stereocenters. The Labute approximate surface area is 57.2 Å². The third-order valence-electron chi connectivity index (χ3n) is 0.289. The zero-order valence-electron chi connectivity index (χ0n) is 4.78. The zero-order valence-corrected chi connectivity index (χ0v) is 6.41. The molecule has 0 aromatic rings. The molecule has 0 fully saturated rings. The Hall–Kier alpha value is 0.420. The molecular formula is H13N7S2. The van der Waals surface area contributed by atoms with E-state index >= 15 is 0 Å². The fourth-order valence-electron chi connectivity index (χ4n) is 0.250. The van der Waals surface area contributed by atoms with Gasteiger partial charge in [-0.25, -0.2) is 0 Å². The van der Waals surface area contributed by atoms with Crippen LogP contribution in [-0.4, -0.2) is 0 Å². The van der Waals surface area contributed by atoms with Gasteiger partial charge in [0.05, 0.1) is 0 Å². The van der Waals surface area contributed by atoms with Crippen LogP contribution in [0.4, 0.5) is 0 Å². The summed E-state index contributed by atoms with van der Waals surface area (Å²) in [6.07, 6.45) is 0. The molecule has 0 aromatic heterocycles. The van der Waals surface area contributed by atoms with Gasteiger partial charge >= 0.3 is 0 Å². The molecule has 0 rings (SSSR count). The van der Waals surface area contributed by atoms with Crippen molar-refractivity contribution < 1.29 is 0 Å². The van der Waals surface area contributed by atoms with Crippen LogP contribution in [0.2, 0.25) is 0 Å². The summed E-state index contributed by atoms with van der Waals surface area (Å²) < 4.78 is 2.29. The van der Waals surface area contributed by atoms with Crippen molar-refractivity contribution in [3.8, 4) is 0 Å². The second kappa shape index (κ2) is 2.57. The molecule has 9 heteroatoms. The average Bonchev–Trinajstić information content (AvgIpc) is 1.14. The van der Waals surface area contributed by atoms with Gasteiger partial charge in [0.2, 0.25) is 0 Å². The van der Waals surface area contributed by atoms with Crippen LogP contribution in [0.5, 0.6) is 0 Å². The van der Waals surface area contributed by atoms with Gasteiger partial charge in [-0.3, -0.25) is 30.8 Å². The molecule has 0 heterocycles. The summed E-state index contributed by atoms with van der Waals surface area (Å²) in [4.78, 5) is 0. The van der Waals surface area contributed by atoms with Crippen LogP contribution in [-0.2, 0) is 0 Å². The lowest BCUT2D eigenvalue weighted by Crippen LogP contribution is -2.50. The minimum Gasteiger partial charge on any atom is -0.260 e. The summed E-state index contributed by atoms with van der Waals surface area (Å²) in [5.74, 6) is 0. The van der Waals surface area contributed by atoms with Gasteiger partial charge in [0.25, 0.3) is 0 Å². The highest BCUT2D eigenvalue weighted by molar-refractivity contribution is 8.40. The molecule has 0 aliphatic heterocycles. The Bertz CT molecular complexity index is 72.1. The minimum absolute atomic E-state index is 2.29. The standard InChI is InChI=1S/H13N7S2/c1-8(2,3)7-9(4,5)6/h7H,1-6H2. The van der Waals surface area contributed by atoms with E-state index in [2.05, 4.69) is 4.13 Å². The summed E-state index contributed by atoms with van der Waals surface area (Å²) >= 11 is 0. The topological polar surface area (TPSA) is 168 Å². The van der Waals surface area contributed by atoms with E-state index in [4.69, 9.17) is 30.8 Å². The molecular weight excluding hydrogens is 162 g/mol. The Morgan fingerprint density at radius 1 is 0.667 bits per heavy atom. The Balaban J connectivity index is 3.75. The maximum atomic E-state index is 5.13. The van der Waals surface area contributed by atoms with E-state index in [1.54, 1.807) is 0 Å². The third kappa shape index (κ3) is 8.42. The molecule has 0 aliphatic carbocycles. The molecule has 0 aliphatic rings. The molecule has 0 saturated carbocycles. The molecule has 60 valence electrons. The first-order valence-corrected chi connectivity index (χ1v) is 5.47. The largest absolute Gasteiger partial charge is 0.260 e. The monoisotopic (exact) mass is 175 g/mol. The van der Waals surface area contributed by atoms with Gasteiger partial charge in [-0.2, -0.15) is 4.13 Å². The van der Waals surface area contributed by atoms with Crippen molar-refractivity contribution in [3.63, 3.8) is 0 Å². The molecule has 9 heavy (non-hydrogen) atoms. The fourth-order valence-corrected chi connectivity index (χ4v) is 2.25. The van der Waals surface area contributed by atoms with Crippen molar-refractivity contribution in [3.05, 3.63) is 0 Å². The van der Waals surface area contributed by atoms with Gasteiger partial charge in [0.1, 0.15) is 0 Å². The quantitative estimate of drug-likeness (QED) is 0.239. The van der Waals surface area contributed by atoms with E-state index in [-0.39, 0.29) is 0 Å². The smallest absolute Gasteiger partial charge is 0.0134 e. The van der Waals surface area contributed by atoms with Crippen LogP contribution in [0.1, 0.15) is 0 Å². The summed E-state index contributed by atoms with van der Waals surface area (Å²) in [6, 6.07) is 0. The van der Waals surface area contributed by atoms with Crippen molar-refractivity contribution in [2.75, 3.05) is 0 Å². The van der Waals surface area contributed by atoms with Gasteiger partial charge in [0, 0.05) is 0 Å². The molecule has 0 amide bonds. The maximum Gasteiger partial charge on any atom is -0.0134 e. The van der Waals surface area contributed by atoms with Crippen molar-refractivity contribution in [1.29, 1.82) is 0 Å². The summed E-state index contributed by atoms with van der Waals surface area (Å²) in [5.41, 5.74) is 0. The van der Waals surface area contributed by atoms with E-state index < -0.39 is 21.5 Å². The third-order valence-corrected chi connectivity index (χ3v) is 2.60. The highest BCUT2D eigenvalue weighted by atomic mass is 32.3. The van der Waals surface area contributed by atoms with Gasteiger partial charge < -0.3 is 0 Å². The van der Waals surface area contributed by atoms with Crippen molar-refractivity contribution >= 4 is 21.5 Å². The van der Waals surface area contributed by atoms with E-state index in [0.29, 0.717) is 0 Å². The number of hydrogen-bond donors (Lipinski definition) is 7. The zero-order chi connectivity index (χ0) is 7.71. The Morgan fingerprint density at radius 2 is 0.889 bits per heavy atom. The highest BCUT2D eigenvalue weighted by Gasteiger charge is 2.12. The van der Waals surface area contributed by atoms with Gasteiger partial charge in [-0.1, -0.05) is 0 Å². The lowest BCUT2D eigenvalue weighted by Gasteiger charge is -2.36. The molecule has 13 N–H and O–H groups in total. The summed E-state index contributed by atoms with van der Waals surface area (Å²) in [6.45, 7) is 0. The van der Waals surface area contributed by atoms with Crippen LogP contribution < -0.4 is 35.0 Å². The van der Waals surface area contributed by atoms with Crippen LogP contribution in [0.15, 0.2) is 0 Å². The van der Waals surface area contributed by atoms with Crippen LogP contribution in [0.25, 0.3) is 0 Å². The van der Waals surface area contributed by atoms with Gasteiger partial charge in [-0.15, -0.1) is 0 Å². The second-order valence-corrected chi connectivity index (χ2v) is 5.32. The number of hydrogen-bond acceptors (Lipinski definition) is 7. The summed E-state index contributed by atoms with van der Waals surface area (Å²) in [7, 11) is -4.74. The number of nitrogens with one attached hydrogen (secondary N) is 1.